The lowest BCUT2D eigenvalue weighted by Gasteiger charge is -2.53. The molecule has 0 spiro atoms. The number of carboxylic acids is 1. The number of fused-ring (bicyclic) bond motifs is 1. The van der Waals surface area contributed by atoms with Crippen molar-refractivity contribution in [2.75, 3.05) is 43.6 Å². The number of amides is 2. The summed E-state index contributed by atoms with van der Waals surface area (Å²) in [6, 6.07) is 0.883. The van der Waals surface area contributed by atoms with E-state index in [4.69, 9.17) is 16.3 Å². The highest BCUT2D eigenvalue weighted by Gasteiger charge is 2.58. The quantitative estimate of drug-likeness (QED) is 0.109. The number of hydrogen-bond donors (Lipinski definition) is 4. The van der Waals surface area contributed by atoms with Gasteiger partial charge >= 0.3 is 5.97 Å². The summed E-state index contributed by atoms with van der Waals surface area (Å²) in [5, 5.41) is 17.8. The van der Waals surface area contributed by atoms with E-state index in [0.717, 1.165) is 27.5 Å². The van der Waals surface area contributed by atoms with Crippen molar-refractivity contribution in [3.05, 3.63) is 35.1 Å². The van der Waals surface area contributed by atoms with Crippen LogP contribution in [-0.2, 0) is 25.0 Å². The number of thioether (sulfide) groups is 3. The summed E-state index contributed by atoms with van der Waals surface area (Å²) in [7, 11) is 0. The summed E-state index contributed by atoms with van der Waals surface area (Å²) in [5.74, 6) is -0.578. The average Bonchev–Trinajstić information content (AvgIpc) is 3.36. The smallest absolute Gasteiger partial charge is 0.322 e. The molecule has 4 rings (SSSR count). The van der Waals surface area contributed by atoms with Crippen LogP contribution in [0.25, 0.3) is 0 Å². The number of carbonyl (C=O) groups is 3. The van der Waals surface area contributed by atoms with Gasteiger partial charge in [0.25, 0.3) is 5.91 Å². The molecule has 0 radical (unpaired) electrons. The van der Waals surface area contributed by atoms with Crippen LogP contribution in [0.4, 0.5) is 9.52 Å². The van der Waals surface area contributed by atoms with Gasteiger partial charge in [-0.25, -0.2) is 9.37 Å². The number of rotatable bonds is 13. The normalized spacial score (nSPS) is 22.7. The van der Waals surface area contributed by atoms with Gasteiger partial charge in [-0.3, -0.25) is 19.4 Å². The predicted molar refractivity (Wildman–Crippen MR) is 151 cm³/mol. The highest BCUT2D eigenvalue weighted by Crippen LogP contribution is 2.47. The van der Waals surface area contributed by atoms with Crippen LogP contribution in [-0.4, -0.2) is 97.5 Å². The molecule has 0 bridgehead atoms. The fourth-order valence-corrected chi connectivity index (χ4v) is 8.17. The number of pyridine rings is 1. The summed E-state index contributed by atoms with van der Waals surface area (Å²) >= 11 is 5.20. The molecule has 210 valence electrons. The molecule has 4 heterocycles. The van der Waals surface area contributed by atoms with Gasteiger partial charge in [0.05, 0.1) is 0 Å². The van der Waals surface area contributed by atoms with Crippen molar-refractivity contribution in [1.82, 2.24) is 20.2 Å². The van der Waals surface area contributed by atoms with E-state index in [-0.39, 0.29) is 35.4 Å². The van der Waals surface area contributed by atoms with Crippen LogP contribution in [0.15, 0.2) is 33.9 Å². The molecule has 2 amide bonds. The van der Waals surface area contributed by atoms with Gasteiger partial charge in [-0.15, -0.1) is 34.9 Å². The van der Waals surface area contributed by atoms with Crippen LogP contribution in [0.5, 0.6) is 0 Å². The Hall–Kier alpha value is -2.60. The minimum Gasteiger partial charge on any atom is -0.480 e. The maximum absolute atomic E-state index is 13.1. The molecular formula is C22H26FN7O5S4. The van der Waals surface area contributed by atoms with Crippen LogP contribution in [0.3, 0.4) is 0 Å². The zero-order valence-corrected chi connectivity index (χ0v) is 23.7. The van der Waals surface area contributed by atoms with E-state index in [0.29, 0.717) is 12.3 Å². The number of aliphatic carboxylic acids is 1. The van der Waals surface area contributed by atoms with Crippen molar-refractivity contribution < 1.29 is 28.7 Å². The maximum Gasteiger partial charge on any atom is 0.322 e. The van der Waals surface area contributed by atoms with Crippen molar-refractivity contribution in [3.63, 3.8) is 0 Å². The first-order valence-corrected chi connectivity index (χ1v) is 15.5. The van der Waals surface area contributed by atoms with Gasteiger partial charge in [-0.1, -0.05) is 5.16 Å². The number of nitrogen functional groups attached to an aromatic ring is 1. The van der Waals surface area contributed by atoms with Crippen LogP contribution in [0, 0.1) is 0 Å². The molecule has 17 heteroatoms. The molecule has 0 saturated carbocycles. The Bertz CT molecular complexity index is 1250. The van der Waals surface area contributed by atoms with Crippen LogP contribution in [0.1, 0.15) is 11.3 Å². The molecule has 2 aromatic heterocycles. The molecule has 2 fully saturated rings. The minimum atomic E-state index is -1.29. The largest absolute Gasteiger partial charge is 0.480 e. The molecule has 2 aliphatic heterocycles. The number of nitrogens with one attached hydrogen (secondary N) is 1. The number of halogens is 1. The molecule has 0 aliphatic carbocycles. The van der Waals surface area contributed by atoms with Crippen LogP contribution >= 0.6 is 46.6 Å². The summed E-state index contributed by atoms with van der Waals surface area (Å²) in [4.78, 5) is 53.9. The number of carbonyl (C=O) groups excluding carboxylic acids is 2. The molecule has 12 nitrogen and oxygen atoms in total. The monoisotopic (exact) mass is 615 g/mol. The van der Waals surface area contributed by atoms with E-state index in [2.05, 4.69) is 20.4 Å². The first-order chi connectivity index (χ1) is 18.8. The summed E-state index contributed by atoms with van der Waals surface area (Å²) in [6.45, 7) is -0.653. The third kappa shape index (κ3) is 6.59. The lowest BCUT2D eigenvalue weighted by atomic mass is 10.0. The SMILES string of the molecule is NCCSCc1cnccc1SC1(C(=O)O)CS[C@@H]2[C@H](NC(=O)C(=NOCCF)c3csc(N)n3)C(=O)N2C1. The summed E-state index contributed by atoms with van der Waals surface area (Å²) < 4.78 is 11.2. The number of aromatic nitrogens is 2. The first-order valence-electron chi connectivity index (χ1n) is 11.6. The van der Waals surface area contributed by atoms with Gasteiger partial charge in [0.15, 0.2) is 10.8 Å². The molecule has 2 aliphatic rings. The molecule has 2 aromatic rings. The predicted octanol–water partition coefficient (Wildman–Crippen LogP) is 1.02. The second-order valence-electron chi connectivity index (χ2n) is 8.38. The van der Waals surface area contributed by atoms with Crippen molar-refractivity contribution in [2.45, 2.75) is 26.8 Å². The summed E-state index contributed by atoms with van der Waals surface area (Å²) in [6.07, 6.45) is 3.33. The average molecular weight is 616 g/mol. The number of β-lactam (4-membered cyclic amide) rings is 1. The second kappa shape index (κ2) is 13.2. The topological polar surface area (TPSA) is 186 Å². The number of hydrogen-bond acceptors (Lipinski definition) is 13. The standard InChI is InChI=1S/C22H26FN7O5S4/c23-2-5-35-29-15(13-9-37-21(25)27-13)17(31)28-16-18(32)30-10-22(20(33)34,11-38-19(16)30)39-14-1-4-26-7-12(14)8-36-6-3-24/h1,4,7,9,16,19H,2-3,5-6,8,10-11,24H2,(H2,25,27)(H,28,31)(H,33,34)/t16-,19-,22?/m1/s1. The zero-order valence-electron chi connectivity index (χ0n) is 20.4. The van der Waals surface area contributed by atoms with Gasteiger partial charge in [0, 0.05) is 53.0 Å². The van der Waals surface area contributed by atoms with E-state index >= 15 is 0 Å². The Morgan fingerprint density at radius 3 is 2.95 bits per heavy atom. The van der Waals surface area contributed by atoms with Gasteiger partial charge in [0.1, 0.15) is 35.1 Å². The van der Waals surface area contributed by atoms with Crippen molar-refractivity contribution in [3.8, 4) is 0 Å². The van der Waals surface area contributed by atoms with Gasteiger partial charge in [-0.05, 0) is 11.6 Å². The van der Waals surface area contributed by atoms with Gasteiger partial charge in [-0.2, -0.15) is 11.8 Å². The van der Waals surface area contributed by atoms with Crippen molar-refractivity contribution >= 4 is 75.2 Å². The number of alkyl halides is 1. The summed E-state index contributed by atoms with van der Waals surface area (Å²) in [5.41, 5.74) is 12.0. The number of nitrogens with zero attached hydrogens (tertiary/aromatic N) is 4. The van der Waals surface area contributed by atoms with E-state index in [1.807, 2.05) is 0 Å². The van der Waals surface area contributed by atoms with E-state index in [1.54, 1.807) is 30.2 Å². The molecule has 1 unspecified atom stereocenters. The Morgan fingerprint density at radius 2 is 2.26 bits per heavy atom. The maximum atomic E-state index is 13.1. The number of carboxylic acid groups (broad SMARTS) is 1. The zero-order chi connectivity index (χ0) is 28.0. The van der Waals surface area contributed by atoms with Gasteiger partial charge < -0.3 is 31.6 Å². The molecule has 0 aromatic carbocycles. The molecular weight excluding hydrogens is 590 g/mol. The first kappa shape index (κ1) is 29.4. The second-order valence-corrected chi connectivity index (χ2v) is 12.9. The Balaban J connectivity index is 1.46. The van der Waals surface area contributed by atoms with Crippen molar-refractivity contribution in [1.29, 1.82) is 0 Å². The lowest BCUT2D eigenvalue weighted by Crippen LogP contribution is -2.74. The Morgan fingerprint density at radius 1 is 1.44 bits per heavy atom. The highest BCUT2D eigenvalue weighted by atomic mass is 32.2. The number of nitrogens with two attached hydrogens (primary N) is 2. The van der Waals surface area contributed by atoms with E-state index < -0.39 is 40.6 Å². The van der Waals surface area contributed by atoms with Crippen LogP contribution < -0.4 is 16.8 Å². The van der Waals surface area contributed by atoms with E-state index in [1.165, 1.54) is 33.8 Å². The Labute approximate surface area is 239 Å². The molecule has 3 atom stereocenters. The minimum absolute atomic E-state index is 0.0310. The number of oxime groups is 1. The number of thiazole rings is 1. The third-order valence-electron chi connectivity index (χ3n) is 5.72. The molecule has 39 heavy (non-hydrogen) atoms. The van der Waals surface area contributed by atoms with Crippen LogP contribution in [0.2, 0.25) is 0 Å². The van der Waals surface area contributed by atoms with Crippen molar-refractivity contribution in [2.24, 2.45) is 10.9 Å². The van der Waals surface area contributed by atoms with E-state index in [9.17, 15) is 23.9 Å². The third-order valence-corrected chi connectivity index (χ3v) is 10.6. The lowest BCUT2D eigenvalue weighted by molar-refractivity contribution is -0.151. The molecule has 6 N–H and O–H groups in total. The Kier molecular flexibility index (Phi) is 9.92. The fraction of sp³-hybridized carbons (Fsp3) is 0.455. The molecule has 2 saturated heterocycles. The fourth-order valence-electron chi connectivity index (χ4n) is 3.84. The number of anilines is 1. The highest BCUT2D eigenvalue weighted by molar-refractivity contribution is 8.05. The van der Waals surface area contributed by atoms with Gasteiger partial charge in [0.2, 0.25) is 5.91 Å².